The summed E-state index contributed by atoms with van der Waals surface area (Å²) in [4.78, 5) is 20.6. The minimum absolute atomic E-state index is 0.0799. The van der Waals surface area contributed by atoms with Crippen molar-refractivity contribution in [3.63, 3.8) is 0 Å². The molecule has 1 aromatic heterocycles. The zero-order valence-electron chi connectivity index (χ0n) is 14.2. The van der Waals surface area contributed by atoms with E-state index >= 15 is 0 Å². The van der Waals surface area contributed by atoms with E-state index in [1.165, 1.54) is 5.56 Å². The number of nitrogens with zero attached hydrogens (tertiary/aromatic N) is 3. The fourth-order valence-corrected chi connectivity index (χ4v) is 3.55. The lowest BCUT2D eigenvalue weighted by Gasteiger charge is -2.32. The molecule has 2 aliphatic heterocycles. The van der Waals surface area contributed by atoms with Crippen molar-refractivity contribution in [3.05, 3.63) is 53.9 Å². The van der Waals surface area contributed by atoms with Crippen LogP contribution in [-0.4, -0.2) is 42.3 Å². The minimum Gasteiger partial charge on any atom is -0.497 e. The number of carbonyl (C=O) groups is 1. The summed E-state index contributed by atoms with van der Waals surface area (Å²) in [5.74, 6) is 0.796. The molecular weight excluding hydrogens is 318 g/mol. The normalized spacial score (nSPS) is 20.3. The van der Waals surface area contributed by atoms with Gasteiger partial charge in [-0.25, -0.2) is 4.79 Å². The number of aromatic nitrogens is 1. The zero-order valence-corrected chi connectivity index (χ0v) is 14.2. The quantitative estimate of drug-likeness (QED) is 0.861. The Kier molecular flexibility index (Phi) is 4.28. The molecule has 1 amide bonds. The van der Waals surface area contributed by atoms with Gasteiger partial charge in [-0.1, -0.05) is 6.07 Å². The number of amides is 1. The predicted octanol–water partition coefficient (Wildman–Crippen LogP) is 2.82. The molecule has 0 aliphatic carbocycles. The molecular formula is C19H21N3O3. The maximum Gasteiger partial charge on any atom is 0.414 e. The van der Waals surface area contributed by atoms with E-state index in [1.54, 1.807) is 18.2 Å². The minimum atomic E-state index is -0.253. The maximum atomic E-state index is 12.2. The Morgan fingerprint density at radius 2 is 2.28 bits per heavy atom. The summed E-state index contributed by atoms with van der Waals surface area (Å²) in [6.45, 7) is 2.92. The van der Waals surface area contributed by atoms with Crippen LogP contribution in [0.1, 0.15) is 17.5 Å². The number of anilines is 1. The van der Waals surface area contributed by atoms with Crippen molar-refractivity contribution in [2.75, 3.05) is 25.2 Å². The third-order valence-electron chi connectivity index (χ3n) is 4.81. The first-order valence-corrected chi connectivity index (χ1v) is 8.49. The molecule has 2 aliphatic rings. The lowest BCUT2D eigenvalue weighted by atomic mass is 10.0. The molecule has 6 nitrogen and oxygen atoms in total. The maximum absolute atomic E-state index is 12.2. The SMILES string of the molecule is COc1ccc2c(c1)CN(Cc1cccnc1)CC[C@H]1COC(=O)N21. The molecule has 0 saturated carbocycles. The van der Waals surface area contributed by atoms with Crippen LogP contribution in [-0.2, 0) is 17.8 Å². The zero-order chi connectivity index (χ0) is 17.2. The van der Waals surface area contributed by atoms with E-state index in [0.29, 0.717) is 6.61 Å². The van der Waals surface area contributed by atoms with E-state index < -0.39 is 0 Å². The second-order valence-electron chi connectivity index (χ2n) is 6.46. The van der Waals surface area contributed by atoms with Gasteiger partial charge in [0.2, 0.25) is 0 Å². The van der Waals surface area contributed by atoms with Crippen LogP contribution in [0.3, 0.4) is 0 Å². The second kappa shape index (κ2) is 6.72. The number of hydrogen-bond donors (Lipinski definition) is 0. The predicted molar refractivity (Wildman–Crippen MR) is 93.6 cm³/mol. The molecule has 1 atom stereocenters. The van der Waals surface area contributed by atoms with Gasteiger partial charge < -0.3 is 9.47 Å². The van der Waals surface area contributed by atoms with E-state index in [0.717, 1.165) is 43.1 Å². The molecule has 0 unspecified atom stereocenters. The van der Waals surface area contributed by atoms with Gasteiger partial charge in [0.25, 0.3) is 0 Å². The van der Waals surface area contributed by atoms with Gasteiger partial charge in [-0.05, 0) is 41.8 Å². The molecule has 130 valence electrons. The number of fused-ring (bicyclic) bond motifs is 3. The molecule has 1 saturated heterocycles. The molecule has 0 N–H and O–H groups in total. The molecule has 4 rings (SSSR count). The van der Waals surface area contributed by atoms with Crippen molar-refractivity contribution in [2.24, 2.45) is 0 Å². The number of ether oxygens (including phenoxy) is 2. The number of carbonyl (C=O) groups excluding carboxylic acids is 1. The van der Waals surface area contributed by atoms with E-state index in [1.807, 2.05) is 30.5 Å². The van der Waals surface area contributed by atoms with Gasteiger partial charge in [0.15, 0.2) is 0 Å². The van der Waals surface area contributed by atoms with Gasteiger partial charge in [0.1, 0.15) is 12.4 Å². The smallest absolute Gasteiger partial charge is 0.414 e. The van der Waals surface area contributed by atoms with Gasteiger partial charge >= 0.3 is 6.09 Å². The summed E-state index contributed by atoms with van der Waals surface area (Å²) in [6, 6.07) is 10.0. The molecule has 0 spiro atoms. The highest BCUT2D eigenvalue weighted by atomic mass is 16.6. The Morgan fingerprint density at radius 1 is 1.36 bits per heavy atom. The van der Waals surface area contributed by atoms with Crippen molar-refractivity contribution >= 4 is 11.8 Å². The van der Waals surface area contributed by atoms with Crippen LogP contribution in [0.5, 0.6) is 5.75 Å². The van der Waals surface area contributed by atoms with Gasteiger partial charge in [-0.15, -0.1) is 0 Å². The molecule has 25 heavy (non-hydrogen) atoms. The molecule has 0 bridgehead atoms. The molecule has 0 radical (unpaired) electrons. The van der Waals surface area contributed by atoms with E-state index in [-0.39, 0.29) is 12.1 Å². The Balaban J connectivity index is 1.67. The third-order valence-corrected chi connectivity index (χ3v) is 4.81. The molecule has 1 aromatic carbocycles. The second-order valence-corrected chi connectivity index (χ2v) is 6.46. The van der Waals surface area contributed by atoms with Gasteiger partial charge in [0, 0.05) is 32.0 Å². The topological polar surface area (TPSA) is 54.9 Å². The third kappa shape index (κ3) is 3.17. The number of cyclic esters (lactones) is 1. The summed E-state index contributed by atoms with van der Waals surface area (Å²) in [6.07, 6.45) is 4.32. The lowest BCUT2D eigenvalue weighted by Crippen LogP contribution is -2.40. The Labute approximate surface area is 147 Å². The first-order chi connectivity index (χ1) is 12.2. The van der Waals surface area contributed by atoms with Crippen LogP contribution in [0.4, 0.5) is 10.5 Å². The first-order valence-electron chi connectivity index (χ1n) is 8.49. The van der Waals surface area contributed by atoms with Crippen LogP contribution in [0.15, 0.2) is 42.7 Å². The molecule has 1 fully saturated rings. The highest BCUT2D eigenvalue weighted by Crippen LogP contribution is 2.34. The number of benzene rings is 1. The van der Waals surface area contributed by atoms with Gasteiger partial charge in [-0.3, -0.25) is 14.8 Å². The average Bonchev–Trinajstić information content (AvgIpc) is 2.99. The van der Waals surface area contributed by atoms with E-state index in [2.05, 4.69) is 16.0 Å². The number of methoxy groups -OCH3 is 1. The van der Waals surface area contributed by atoms with Gasteiger partial charge in [-0.2, -0.15) is 0 Å². The number of rotatable bonds is 3. The van der Waals surface area contributed by atoms with Crippen molar-refractivity contribution < 1.29 is 14.3 Å². The van der Waals surface area contributed by atoms with Crippen LogP contribution in [0.25, 0.3) is 0 Å². The molecule has 2 aromatic rings. The largest absolute Gasteiger partial charge is 0.497 e. The summed E-state index contributed by atoms with van der Waals surface area (Å²) in [5, 5.41) is 0. The van der Waals surface area contributed by atoms with Crippen LogP contribution >= 0.6 is 0 Å². The van der Waals surface area contributed by atoms with Crippen molar-refractivity contribution in [1.82, 2.24) is 9.88 Å². The average molecular weight is 339 g/mol. The monoisotopic (exact) mass is 339 g/mol. The summed E-state index contributed by atoms with van der Waals surface area (Å²) in [5.41, 5.74) is 3.18. The Bertz CT molecular complexity index is 766. The highest BCUT2D eigenvalue weighted by molar-refractivity contribution is 5.91. The number of pyridine rings is 1. The van der Waals surface area contributed by atoms with Crippen LogP contribution in [0.2, 0.25) is 0 Å². The van der Waals surface area contributed by atoms with Crippen molar-refractivity contribution in [3.8, 4) is 5.75 Å². The Hall–Kier alpha value is -2.60. The first kappa shape index (κ1) is 15.9. The number of hydrogen-bond acceptors (Lipinski definition) is 5. The van der Waals surface area contributed by atoms with Crippen LogP contribution in [0, 0.1) is 0 Å². The fraction of sp³-hybridized carbons (Fsp3) is 0.368. The van der Waals surface area contributed by atoms with Crippen molar-refractivity contribution in [1.29, 1.82) is 0 Å². The van der Waals surface area contributed by atoms with Crippen molar-refractivity contribution in [2.45, 2.75) is 25.6 Å². The fourth-order valence-electron chi connectivity index (χ4n) is 3.55. The van der Waals surface area contributed by atoms with E-state index in [9.17, 15) is 4.79 Å². The molecule has 3 heterocycles. The lowest BCUT2D eigenvalue weighted by molar-refractivity contribution is 0.177. The highest BCUT2D eigenvalue weighted by Gasteiger charge is 2.37. The molecule has 6 heteroatoms. The summed E-state index contributed by atoms with van der Waals surface area (Å²) < 4.78 is 10.7. The summed E-state index contributed by atoms with van der Waals surface area (Å²) >= 11 is 0. The van der Waals surface area contributed by atoms with Gasteiger partial charge in [0.05, 0.1) is 18.8 Å². The Morgan fingerprint density at radius 3 is 3.08 bits per heavy atom. The standard InChI is InChI=1S/C19H21N3O3/c1-24-17-4-5-18-15(9-17)12-21(11-14-3-2-7-20-10-14)8-6-16-13-25-19(23)22(16)18/h2-5,7,9-10,16H,6,8,11-13H2,1H3/t16-/m0/s1. The van der Waals surface area contributed by atoms with Crippen LogP contribution < -0.4 is 9.64 Å². The summed E-state index contributed by atoms with van der Waals surface area (Å²) in [7, 11) is 1.66. The van der Waals surface area contributed by atoms with E-state index in [4.69, 9.17) is 9.47 Å².